The Hall–Kier alpha value is -2.67. The summed E-state index contributed by atoms with van der Waals surface area (Å²) in [5.74, 6) is -0.768. The fourth-order valence-corrected chi connectivity index (χ4v) is 2.80. The van der Waals surface area contributed by atoms with Crippen LogP contribution in [-0.4, -0.2) is 37.5 Å². The number of para-hydroxylation sites is 2. The first-order valence-corrected chi connectivity index (χ1v) is 8.32. The Morgan fingerprint density at radius 2 is 2.20 bits per heavy atom. The van der Waals surface area contributed by atoms with Crippen LogP contribution in [0.2, 0.25) is 0 Å². The summed E-state index contributed by atoms with van der Waals surface area (Å²) in [7, 11) is 0. The van der Waals surface area contributed by atoms with Gasteiger partial charge in [0.2, 0.25) is 5.91 Å². The first-order chi connectivity index (χ1) is 12.1. The van der Waals surface area contributed by atoms with Crippen LogP contribution >= 0.6 is 0 Å². The number of rotatable bonds is 3. The highest BCUT2D eigenvalue weighted by molar-refractivity contribution is 6.24. The van der Waals surface area contributed by atoms with Crippen molar-refractivity contribution in [3.05, 3.63) is 35.5 Å². The summed E-state index contributed by atoms with van der Waals surface area (Å²) < 4.78 is 10.4. The zero-order valence-corrected chi connectivity index (χ0v) is 14.3. The van der Waals surface area contributed by atoms with Crippen molar-refractivity contribution in [2.24, 2.45) is 10.9 Å². The Bertz CT molecular complexity index is 748. The second-order valence-electron chi connectivity index (χ2n) is 5.87. The summed E-state index contributed by atoms with van der Waals surface area (Å²) in [6, 6.07) is 7.40. The smallest absolute Gasteiger partial charge is 0.343 e. The van der Waals surface area contributed by atoms with Gasteiger partial charge >= 0.3 is 5.97 Å². The average molecular weight is 343 g/mol. The minimum absolute atomic E-state index is 0.199. The topological polar surface area (TPSA) is 89.0 Å². The second-order valence-corrected chi connectivity index (χ2v) is 5.87. The summed E-state index contributed by atoms with van der Waals surface area (Å²) in [6.07, 6.45) is 0.658. The van der Waals surface area contributed by atoms with E-state index < -0.39 is 5.97 Å². The zero-order chi connectivity index (χ0) is 17.8. The molecule has 7 heteroatoms. The summed E-state index contributed by atoms with van der Waals surface area (Å²) >= 11 is 0. The summed E-state index contributed by atoms with van der Waals surface area (Å²) in [4.78, 5) is 29.5. The maximum absolute atomic E-state index is 12.5. The van der Waals surface area contributed by atoms with Gasteiger partial charge in [0.25, 0.3) is 0 Å². The molecule has 0 saturated carbocycles. The number of allylic oxidation sites excluding steroid dienone is 1. The lowest BCUT2D eigenvalue weighted by Gasteiger charge is -2.15. The molecule has 7 nitrogen and oxygen atoms in total. The number of hydrogen-bond acceptors (Lipinski definition) is 6. The minimum atomic E-state index is -0.526. The Balaban J connectivity index is 1.98. The maximum Gasteiger partial charge on any atom is 0.343 e. The number of benzene rings is 1. The zero-order valence-electron chi connectivity index (χ0n) is 14.3. The lowest BCUT2D eigenvalue weighted by Crippen LogP contribution is -2.39. The number of anilines is 1. The highest BCUT2D eigenvalue weighted by Gasteiger charge is 2.29. The van der Waals surface area contributed by atoms with Crippen molar-refractivity contribution in [1.29, 1.82) is 0 Å². The molecule has 2 aliphatic rings. The monoisotopic (exact) mass is 343 g/mol. The Kier molecular flexibility index (Phi) is 5.14. The van der Waals surface area contributed by atoms with Gasteiger partial charge in [-0.25, -0.2) is 9.79 Å². The molecule has 2 heterocycles. The molecule has 0 bridgehead atoms. The van der Waals surface area contributed by atoms with Gasteiger partial charge in [0.1, 0.15) is 11.4 Å². The predicted octanol–water partition coefficient (Wildman–Crippen LogP) is 2.13. The first kappa shape index (κ1) is 17.2. The number of aliphatic imine (C=N–C) groups is 1. The van der Waals surface area contributed by atoms with Crippen LogP contribution in [0.25, 0.3) is 0 Å². The van der Waals surface area contributed by atoms with E-state index in [1.165, 1.54) is 0 Å². The van der Waals surface area contributed by atoms with E-state index in [1.807, 2.05) is 24.3 Å². The van der Waals surface area contributed by atoms with Crippen LogP contribution < -0.4 is 10.6 Å². The third kappa shape index (κ3) is 3.71. The molecule has 1 aromatic carbocycles. The van der Waals surface area contributed by atoms with E-state index in [9.17, 15) is 9.59 Å². The molecule has 0 aliphatic carbocycles. The largest absolute Gasteiger partial charge is 0.462 e. The van der Waals surface area contributed by atoms with Crippen LogP contribution in [0.15, 0.2) is 40.5 Å². The van der Waals surface area contributed by atoms with Gasteiger partial charge in [0.15, 0.2) is 0 Å². The molecular formula is C18H21N3O4. The fraction of sp³-hybridized carbons (Fsp3) is 0.389. The van der Waals surface area contributed by atoms with E-state index in [4.69, 9.17) is 9.47 Å². The molecule has 1 fully saturated rings. The second kappa shape index (κ2) is 7.48. The number of fused-ring (bicyclic) bond motifs is 1. The van der Waals surface area contributed by atoms with Crippen molar-refractivity contribution in [1.82, 2.24) is 5.32 Å². The van der Waals surface area contributed by atoms with Crippen molar-refractivity contribution in [3.8, 4) is 0 Å². The molecule has 0 radical (unpaired) electrons. The highest BCUT2D eigenvalue weighted by atomic mass is 16.5. The number of esters is 1. The summed E-state index contributed by atoms with van der Waals surface area (Å²) in [5, 5.41) is 5.97. The molecule has 1 aromatic rings. The van der Waals surface area contributed by atoms with Crippen molar-refractivity contribution in [2.45, 2.75) is 20.3 Å². The van der Waals surface area contributed by atoms with Gasteiger partial charge in [-0.3, -0.25) is 4.79 Å². The molecular weight excluding hydrogens is 322 g/mol. The number of nitrogens with one attached hydrogen (secondary N) is 2. The van der Waals surface area contributed by atoms with Gasteiger partial charge in [0.05, 0.1) is 30.5 Å². The average Bonchev–Trinajstić information content (AvgIpc) is 3.07. The van der Waals surface area contributed by atoms with Crippen LogP contribution in [0.1, 0.15) is 20.3 Å². The number of carbonyl (C=O) groups is 2. The minimum Gasteiger partial charge on any atom is -0.462 e. The molecule has 2 aliphatic heterocycles. The molecule has 2 N–H and O–H groups in total. The standard InChI is InChI=1S/C18H21N3O4/c1-3-25-18(23)15-11(2)19-13-6-4-5-7-14(13)20-16(15)21-17(22)12-8-9-24-10-12/h4-7,12,19H,3,8-10H2,1-2H3,(H,20,21,22)/t12-/m0/s1. The summed E-state index contributed by atoms with van der Waals surface area (Å²) in [5.41, 5.74) is 2.20. The lowest BCUT2D eigenvalue weighted by atomic mass is 10.1. The number of amidine groups is 1. The number of ether oxygens (including phenoxy) is 2. The van der Waals surface area contributed by atoms with E-state index in [1.54, 1.807) is 13.8 Å². The van der Waals surface area contributed by atoms with Gasteiger partial charge in [-0.1, -0.05) is 12.1 Å². The Labute approximate surface area is 146 Å². The number of nitrogens with zero attached hydrogens (tertiary/aromatic N) is 1. The van der Waals surface area contributed by atoms with Crippen molar-refractivity contribution >= 4 is 29.1 Å². The van der Waals surface area contributed by atoms with Gasteiger partial charge in [-0.05, 0) is 32.4 Å². The normalized spacial score (nSPS) is 19.4. The van der Waals surface area contributed by atoms with Gasteiger partial charge in [0, 0.05) is 12.3 Å². The number of carbonyl (C=O) groups excluding carboxylic acids is 2. The quantitative estimate of drug-likeness (QED) is 0.821. The third-order valence-corrected chi connectivity index (χ3v) is 4.09. The Morgan fingerprint density at radius 3 is 2.92 bits per heavy atom. The number of amides is 1. The van der Waals surface area contributed by atoms with E-state index in [0.717, 1.165) is 5.69 Å². The molecule has 0 aromatic heterocycles. The molecule has 1 atom stereocenters. The summed E-state index contributed by atoms with van der Waals surface area (Å²) in [6.45, 7) is 4.67. The van der Waals surface area contributed by atoms with E-state index >= 15 is 0 Å². The van der Waals surface area contributed by atoms with Crippen LogP contribution in [0.5, 0.6) is 0 Å². The predicted molar refractivity (Wildman–Crippen MR) is 93.6 cm³/mol. The molecule has 25 heavy (non-hydrogen) atoms. The Morgan fingerprint density at radius 1 is 1.40 bits per heavy atom. The molecule has 0 spiro atoms. The lowest BCUT2D eigenvalue weighted by molar-refractivity contribution is -0.137. The number of hydrogen-bond donors (Lipinski definition) is 2. The van der Waals surface area contributed by atoms with Gasteiger partial charge in [-0.15, -0.1) is 0 Å². The molecule has 0 unspecified atom stereocenters. The fourth-order valence-electron chi connectivity index (χ4n) is 2.80. The molecule has 132 valence electrons. The molecule has 3 rings (SSSR count). The van der Waals surface area contributed by atoms with Crippen LogP contribution in [0.4, 0.5) is 11.4 Å². The van der Waals surface area contributed by atoms with Crippen molar-refractivity contribution < 1.29 is 19.1 Å². The maximum atomic E-state index is 12.5. The SMILES string of the molecule is CCOC(=O)C1=C(C)Nc2ccccc2N=C1NC(=O)[C@H]1CCOC1. The van der Waals surface area contributed by atoms with Crippen molar-refractivity contribution in [2.75, 3.05) is 25.1 Å². The molecule has 1 saturated heterocycles. The van der Waals surface area contributed by atoms with Crippen LogP contribution in [0.3, 0.4) is 0 Å². The van der Waals surface area contributed by atoms with Crippen molar-refractivity contribution in [3.63, 3.8) is 0 Å². The van der Waals surface area contributed by atoms with E-state index in [0.29, 0.717) is 31.0 Å². The van der Waals surface area contributed by atoms with Crippen LogP contribution in [-0.2, 0) is 19.1 Å². The van der Waals surface area contributed by atoms with E-state index in [2.05, 4.69) is 15.6 Å². The third-order valence-electron chi connectivity index (χ3n) is 4.09. The highest BCUT2D eigenvalue weighted by Crippen LogP contribution is 2.30. The first-order valence-electron chi connectivity index (χ1n) is 8.32. The molecule has 1 amide bonds. The van der Waals surface area contributed by atoms with E-state index in [-0.39, 0.29) is 29.8 Å². The van der Waals surface area contributed by atoms with Gasteiger partial charge in [-0.2, -0.15) is 0 Å². The van der Waals surface area contributed by atoms with Gasteiger partial charge < -0.3 is 20.1 Å². The van der Waals surface area contributed by atoms with Crippen LogP contribution in [0, 0.1) is 5.92 Å².